The minimum Gasteiger partial charge on any atom is -0.356 e. The molecular weight excluding hydrogens is 408 g/mol. The van der Waals surface area contributed by atoms with E-state index in [-0.39, 0.29) is 34.1 Å². The maximum atomic E-state index is 12.6. The average molecular weight is 437 g/mol. The maximum absolute atomic E-state index is 12.6. The van der Waals surface area contributed by atoms with Crippen LogP contribution < -0.4 is 10.6 Å². The van der Waals surface area contributed by atoms with Crippen LogP contribution in [0.3, 0.4) is 0 Å². The Morgan fingerprint density at radius 1 is 1.31 bits per heavy atom. The predicted octanol–water partition coefficient (Wildman–Crippen LogP) is 3.68. The molecule has 29 heavy (non-hydrogen) atoms. The Bertz CT molecular complexity index is 909. The third-order valence-corrected chi connectivity index (χ3v) is 8.41. The second kappa shape index (κ2) is 9.80. The van der Waals surface area contributed by atoms with Crippen molar-refractivity contribution in [1.29, 1.82) is 0 Å². The molecule has 0 aromatic heterocycles. The first-order valence-electron chi connectivity index (χ1n) is 10.2. The standard InChI is InChI=1S/C21H28N2O4S2/c1-2-18-21(25)23-17-14-16(8-9-19(17)28-18)29(26,27)13-11-20(24)22-12-10-15-6-4-3-5-7-15/h6,8-9,14,18H,2-5,7,10-13H2,1H3,(H,22,24)(H,23,25). The fourth-order valence-electron chi connectivity index (χ4n) is 3.52. The summed E-state index contributed by atoms with van der Waals surface area (Å²) in [4.78, 5) is 25.1. The van der Waals surface area contributed by atoms with E-state index in [1.54, 1.807) is 12.1 Å². The molecule has 1 aliphatic heterocycles. The van der Waals surface area contributed by atoms with E-state index >= 15 is 0 Å². The number of carbonyl (C=O) groups is 2. The van der Waals surface area contributed by atoms with Crippen molar-refractivity contribution >= 4 is 39.1 Å². The summed E-state index contributed by atoms with van der Waals surface area (Å²) >= 11 is 1.45. The molecule has 158 valence electrons. The third kappa shape index (κ3) is 5.85. The average Bonchev–Trinajstić information content (AvgIpc) is 2.72. The fourth-order valence-corrected chi connectivity index (χ4v) is 5.80. The summed E-state index contributed by atoms with van der Waals surface area (Å²) in [5.41, 5.74) is 1.90. The van der Waals surface area contributed by atoms with E-state index in [9.17, 15) is 18.0 Å². The van der Waals surface area contributed by atoms with Gasteiger partial charge in [0.1, 0.15) is 0 Å². The van der Waals surface area contributed by atoms with Gasteiger partial charge in [-0.15, -0.1) is 11.8 Å². The number of benzene rings is 1. The molecule has 0 radical (unpaired) electrons. The molecule has 1 atom stereocenters. The lowest BCUT2D eigenvalue weighted by Gasteiger charge is -2.23. The molecule has 1 aromatic carbocycles. The lowest BCUT2D eigenvalue weighted by atomic mass is 9.97. The second-order valence-electron chi connectivity index (χ2n) is 7.44. The van der Waals surface area contributed by atoms with Gasteiger partial charge in [-0.25, -0.2) is 8.42 Å². The molecule has 6 nitrogen and oxygen atoms in total. The quantitative estimate of drug-likeness (QED) is 0.607. The molecule has 2 amide bonds. The van der Waals surface area contributed by atoms with Crippen molar-refractivity contribution in [3.8, 4) is 0 Å². The number of carbonyl (C=O) groups excluding carboxylic acids is 2. The first-order valence-corrected chi connectivity index (χ1v) is 12.7. The summed E-state index contributed by atoms with van der Waals surface area (Å²) in [5.74, 6) is -0.608. The highest BCUT2D eigenvalue weighted by Crippen LogP contribution is 2.38. The zero-order chi connectivity index (χ0) is 20.9. The van der Waals surface area contributed by atoms with Crippen LogP contribution in [0, 0.1) is 0 Å². The smallest absolute Gasteiger partial charge is 0.237 e. The predicted molar refractivity (Wildman–Crippen MR) is 116 cm³/mol. The second-order valence-corrected chi connectivity index (χ2v) is 10.8. The van der Waals surface area contributed by atoms with Gasteiger partial charge >= 0.3 is 0 Å². The van der Waals surface area contributed by atoms with Gasteiger partial charge in [-0.2, -0.15) is 0 Å². The molecule has 1 heterocycles. The SMILES string of the molecule is CCC1Sc2ccc(S(=O)(=O)CCC(=O)NCCC3=CCCCC3)cc2NC1=O. The van der Waals surface area contributed by atoms with Crippen LogP contribution in [0.1, 0.15) is 51.9 Å². The van der Waals surface area contributed by atoms with E-state index in [2.05, 4.69) is 16.7 Å². The highest BCUT2D eigenvalue weighted by Gasteiger charge is 2.27. The van der Waals surface area contributed by atoms with Crippen molar-refractivity contribution in [3.05, 3.63) is 29.8 Å². The molecule has 1 unspecified atom stereocenters. The normalized spacial score (nSPS) is 19.1. The van der Waals surface area contributed by atoms with Gasteiger partial charge in [-0.1, -0.05) is 18.6 Å². The van der Waals surface area contributed by atoms with Crippen molar-refractivity contribution in [1.82, 2.24) is 5.32 Å². The monoisotopic (exact) mass is 436 g/mol. The summed E-state index contributed by atoms with van der Waals surface area (Å²) in [6.45, 7) is 2.49. The maximum Gasteiger partial charge on any atom is 0.237 e. The van der Waals surface area contributed by atoms with Crippen LogP contribution in [0.2, 0.25) is 0 Å². The minimum absolute atomic E-state index is 0.0719. The van der Waals surface area contributed by atoms with Crippen molar-refractivity contribution in [2.24, 2.45) is 0 Å². The largest absolute Gasteiger partial charge is 0.356 e. The highest BCUT2D eigenvalue weighted by atomic mass is 32.2. The van der Waals surface area contributed by atoms with Crippen LogP contribution in [-0.2, 0) is 19.4 Å². The van der Waals surface area contributed by atoms with Crippen LogP contribution in [0.4, 0.5) is 5.69 Å². The zero-order valence-corrected chi connectivity index (χ0v) is 18.3. The molecule has 1 aromatic rings. The van der Waals surface area contributed by atoms with Gasteiger partial charge in [0.2, 0.25) is 11.8 Å². The van der Waals surface area contributed by atoms with Crippen LogP contribution >= 0.6 is 11.8 Å². The number of amides is 2. The number of rotatable bonds is 8. The summed E-state index contributed by atoms with van der Waals surface area (Å²) < 4.78 is 25.3. The Labute approximate surface area is 176 Å². The Morgan fingerprint density at radius 3 is 2.86 bits per heavy atom. The molecule has 2 aliphatic rings. The number of thioether (sulfide) groups is 1. The van der Waals surface area contributed by atoms with Gasteiger partial charge in [0.15, 0.2) is 9.84 Å². The number of nitrogens with one attached hydrogen (secondary N) is 2. The van der Waals surface area contributed by atoms with Gasteiger partial charge in [-0.05, 0) is 56.7 Å². The van der Waals surface area contributed by atoms with E-state index in [0.29, 0.717) is 18.7 Å². The Morgan fingerprint density at radius 2 is 2.14 bits per heavy atom. The van der Waals surface area contributed by atoms with E-state index in [1.165, 1.54) is 36.2 Å². The number of hydrogen-bond donors (Lipinski definition) is 2. The van der Waals surface area contributed by atoms with Gasteiger partial charge in [0.05, 0.1) is 21.6 Å². The van der Waals surface area contributed by atoms with E-state index in [0.717, 1.165) is 24.2 Å². The number of fused-ring (bicyclic) bond motifs is 1. The molecule has 0 fully saturated rings. The first kappa shape index (κ1) is 21.9. The van der Waals surface area contributed by atoms with Crippen molar-refractivity contribution in [2.75, 3.05) is 17.6 Å². The number of allylic oxidation sites excluding steroid dienone is 1. The Balaban J connectivity index is 1.53. The molecule has 0 bridgehead atoms. The molecular formula is C21H28N2O4S2. The third-order valence-electron chi connectivity index (χ3n) is 5.25. The summed E-state index contributed by atoms with van der Waals surface area (Å²) in [7, 11) is -3.60. The molecule has 2 N–H and O–H groups in total. The number of anilines is 1. The highest BCUT2D eigenvalue weighted by molar-refractivity contribution is 8.01. The zero-order valence-electron chi connectivity index (χ0n) is 16.7. The molecule has 0 saturated heterocycles. The lowest BCUT2D eigenvalue weighted by molar-refractivity contribution is -0.120. The van der Waals surface area contributed by atoms with Crippen LogP contribution in [-0.4, -0.2) is 37.8 Å². The van der Waals surface area contributed by atoms with E-state index in [4.69, 9.17) is 0 Å². The minimum atomic E-state index is -3.60. The lowest BCUT2D eigenvalue weighted by Crippen LogP contribution is -2.28. The van der Waals surface area contributed by atoms with Crippen LogP contribution in [0.5, 0.6) is 0 Å². The van der Waals surface area contributed by atoms with Crippen LogP contribution in [0.25, 0.3) is 0 Å². The molecule has 1 aliphatic carbocycles. The Hall–Kier alpha value is -1.80. The summed E-state index contributed by atoms with van der Waals surface area (Å²) in [6.07, 6.45) is 8.36. The van der Waals surface area contributed by atoms with Gasteiger partial charge in [0.25, 0.3) is 0 Å². The van der Waals surface area contributed by atoms with Crippen molar-refractivity contribution in [3.63, 3.8) is 0 Å². The molecule has 0 saturated carbocycles. The Kier molecular flexibility index (Phi) is 7.40. The number of hydrogen-bond acceptors (Lipinski definition) is 5. The van der Waals surface area contributed by atoms with Gasteiger partial charge in [-0.3, -0.25) is 9.59 Å². The molecule has 3 rings (SSSR count). The van der Waals surface area contributed by atoms with Gasteiger partial charge in [0, 0.05) is 17.9 Å². The van der Waals surface area contributed by atoms with E-state index in [1.807, 2.05) is 6.92 Å². The summed E-state index contributed by atoms with van der Waals surface area (Å²) in [6, 6.07) is 4.78. The topological polar surface area (TPSA) is 92.3 Å². The summed E-state index contributed by atoms with van der Waals surface area (Å²) in [5, 5.41) is 5.45. The van der Waals surface area contributed by atoms with Gasteiger partial charge < -0.3 is 10.6 Å². The van der Waals surface area contributed by atoms with E-state index < -0.39 is 9.84 Å². The van der Waals surface area contributed by atoms with Crippen LogP contribution in [0.15, 0.2) is 39.6 Å². The number of sulfone groups is 1. The molecule has 8 heteroatoms. The fraction of sp³-hybridized carbons (Fsp3) is 0.524. The molecule has 0 spiro atoms. The van der Waals surface area contributed by atoms with Crippen molar-refractivity contribution in [2.45, 2.75) is 66.9 Å². The van der Waals surface area contributed by atoms with Crippen molar-refractivity contribution < 1.29 is 18.0 Å². The first-order chi connectivity index (χ1) is 13.9.